The van der Waals surface area contributed by atoms with Gasteiger partial charge in [-0.2, -0.15) is 0 Å². The summed E-state index contributed by atoms with van der Waals surface area (Å²) in [5.74, 6) is 0.583. The first-order valence-electron chi connectivity index (χ1n) is 11.2. The summed E-state index contributed by atoms with van der Waals surface area (Å²) >= 11 is 1.49. The predicted octanol–water partition coefficient (Wildman–Crippen LogP) is 4.24. The van der Waals surface area contributed by atoms with Crippen molar-refractivity contribution in [3.8, 4) is 0 Å². The summed E-state index contributed by atoms with van der Waals surface area (Å²) in [6.07, 6.45) is 6.12. The van der Waals surface area contributed by atoms with Crippen molar-refractivity contribution in [2.45, 2.75) is 57.3 Å². The monoisotopic (exact) mass is 441 g/mol. The molecule has 166 valence electrons. The van der Waals surface area contributed by atoms with Gasteiger partial charge in [0.1, 0.15) is 5.01 Å². The van der Waals surface area contributed by atoms with Crippen molar-refractivity contribution in [1.82, 2.24) is 20.0 Å². The number of hydrogen-bond acceptors (Lipinski definition) is 5. The zero-order valence-corrected chi connectivity index (χ0v) is 19.2. The van der Waals surface area contributed by atoms with Crippen molar-refractivity contribution in [3.63, 3.8) is 0 Å². The van der Waals surface area contributed by atoms with Gasteiger partial charge in [0.25, 0.3) is 0 Å². The summed E-state index contributed by atoms with van der Waals surface area (Å²) in [7, 11) is 0. The van der Waals surface area contributed by atoms with Gasteiger partial charge >= 0.3 is 6.03 Å². The van der Waals surface area contributed by atoms with E-state index >= 15 is 0 Å². The molecule has 2 aliphatic rings. The van der Waals surface area contributed by atoms with Crippen LogP contribution in [0.2, 0.25) is 0 Å². The van der Waals surface area contributed by atoms with Crippen molar-refractivity contribution in [2.75, 3.05) is 31.5 Å². The van der Waals surface area contributed by atoms with Gasteiger partial charge in [-0.05, 0) is 32.3 Å². The summed E-state index contributed by atoms with van der Waals surface area (Å²) in [5.41, 5.74) is 0.415. The Kier molecular flexibility index (Phi) is 6.55. The highest BCUT2D eigenvalue weighted by Gasteiger charge is 2.35. The number of rotatable bonds is 4. The first-order chi connectivity index (χ1) is 14.9. The average Bonchev–Trinajstić information content (AvgIpc) is 3.28. The third-order valence-electron chi connectivity index (χ3n) is 6.49. The van der Waals surface area contributed by atoms with E-state index in [4.69, 9.17) is 0 Å². The molecule has 1 N–H and O–H groups in total. The van der Waals surface area contributed by atoms with Crippen molar-refractivity contribution in [1.29, 1.82) is 0 Å². The minimum atomic E-state index is -0.590. The van der Waals surface area contributed by atoms with Crippen LogP contribution in [0.3, 0.4) is 0 Å². The Balaban J connectivity index is 1.30. The van der Waals surface area contributed by atoms with Crippen molar-refractivity contribution >= 4 is 28.4 Å². The second kappa shape index (κ2) is 9.34. The van der Waals surface area contributed by atoms with Crippen LogP contribution in [0.1, 0.15) is 62.4 Å². The Morgan fingerprint density at radius 1 is 0.968 bits per heavy atom. The standard InChI is InChI=1S/C23H31N5O2S/c1-23(2,18-11-7-4-8-12-18)20(29)27-13-15-28(16-14-27)22(30)24-21-26-25-19(31-21)17-9-5-3-6-10-17/h4,7-8,11-12,17H,3,5-6,9-10,13-16H2,1-2H3,(H,24,26,30). The summed E-state index contributed by atoms with van der Waals surface area (Å²) in [5, 5.41) is 13.0. The van der Waals surface area contributed by atoms with Gasteiger partial charge in [0, 0.05) is 32.1 Å². The van der Waals surface area contributed by atoms with E-state index < -0.39 is 5.41 Å². The number of anilines is 1. The molecule has 2 aromatic rings. The highest BCUT2D eigenvalue weighted by Crippen LogP contribution is 2.35. The van der Waals surface area contributed by atoms with Crippen LogP contribution in [-0.2, 0) is 10.2 Å². The molecule has 1 aliphatic carbocycles. The van der Waals surface area contributed by atoms with Gasteiger partial charge in [0.05, 0.1) is 5.41 Å². The first kappa shape index (κ1) is 21.7. The van der Waals surface area contributed by atoms with Crippen LogP contribution in [0.15, 0.2) is 30.3 Å². The van der Waals surface area contributed by atoms with Crippen LogP contribution in [-0.4, -0.2) is 58.1 Å². The zero-order chi connectivity index (χ0) is 21.8. The molecule has 2 heterocycles. The number of amides is 3. The highest BCUT2D eigenvalue weighted by atomic mass is 32.1. The van der Waals surface area contributed by atoms with Gasteiger partial charge in [-0.3, -0.25) is 10.1 Å². The van der Waals surface area contributed by atoms with E-state index in [0.717, 1.165) is 23.4 Å². The molecule has 3 amide bonds. The fraction of sp³-hybridized carbons (Fsp3) is 0.565. The molecule has 4 rings (SSSR count). The molecule has 0 atom stereocenters. The van der Waals surface area contributed by atoms with E-state index in [2.05, 4.69) is 15.5 Å². The molecule has 7 nitrogen and oxygen atoms in total. The number of nitrogens with one attached hydrogen (secondary N) is 1. The molecule has 2 fully saturated rings. The van der Waals surface area contributed by atoms with E-state index in [1.54, 1.807) is 4.90 Å². The van der Waals surface area contributed by atoms with Gasteiger partial charge < -0.3 is 9.80 Å². The average molecular weight is 442 g/mol. The molecule has 1 saturated heterocycles. The molecular weight excluding hydrogens is 410 g/mol. The van der Waals surface area contributed by atoms with Gasteiger partial charge in [0.2, 0.25) is 11.0 Å². The Labute approximate surface area is 187 Å². The van der Waals surface area contributed by atoms with E-state index in [-0.39, 0.29) is 11.9 Å². The minimum Gasteiger partial charge on any atom is -0.338 e. The highest BCUT2D eigenvalue weighted by molar-refractivity contribution is 7.15. The number of piperazine rings is 1. The van der Waals surface area contributed by atoms with Crippen LogP contribution < -0.4 is 5.32 Å². The first-order valence-corrected chi connectivity index (χ1v) is 12.0. The van der Waals surface area contributed by atoms with Crippen molar-refractivity contribution in [3.05, 3.63) is 40.9 Å². The Hall–Kier alpha value is -2.48. The maximum Gasteiger partial charge on any atom is 0.323 e. The lowest BCUT2D eigenvalue weighted by molar-refractivity contribution is -0.137. The fourth-order valence-corrected chi connectivity index (χ4v) is 5.36. The maximum absolute atomic E-state index is 13.1. The molecule has 0 unspecified atom stereocenters. The third-order valence-corrected chi connectivity index (χ3v) is 7.49. The number of benzene rings is 1. The number of nitrogens with zero attached hydrogens (tertiary/aromatic N) is 4. The molecular formula is C23H31N5O2S. The van der Waals surface area contributed by atoms with Crippen LogP contribution in [0, 0.1) is 0 Å². The molecule has 0 spiro atoms. The summed E-state index contributed by atoms with van der Waals surface area (Å²) in [6, 6.07) is 9.69. The van der Waals surface area contributed by atoms with E-state index in [1.165, 1.54) is 30.6 Å². The molecule has 0 radical (unpaired) electrons. The molecule has 0 bridgehead atoms. The molecule has 1 aromatic carbocycles. The van der Waals surface area contributed by atoms with Gasteiger partial charge in [-0.1, -0.05) is 60.9 Å². The molecule has 1 saturated carbocycles. The fourth-order valence-electron chi connectivity index (χ4n) is 4.46. The van der Waals surface area contributed by atoms with Gasteiger partial charge in [0.15, 0.2) is 0 Å². The van der Waals surface area contributed by atoms with Gasteiger partial charge in [-0.15, -0.1) is 10.2 Å². The molecule has 1 aromatic heterocycles. The van der Waals surface area contributed by atoms with E-state index in [1.807, 2.05) is 49.1 Å². The number of aromatic nitrogens is 2. The Morgan fingerprint density at radius 2 is 1.61 bits per heavy atom. The second-order valence-electron chi connectivity index (χ2n) is 8.98. The van der Waals surface area contributed by atoms with Crippen LogP contribution in [0.5, 0.6) is 0 Å². The second-order valence-corrected chi connectivity index (χ2v) is 9.99. The van der Waals surface area contributed by atoms with E-state index in [9.17, 15) is 9.59 Å². The lowest BCUT2D eigenvalue weighted by atomic mass is 9.83. The number of hydrogen-bond donors (Lipinski definition) is 1. The zero-order valence-electron chi connectivity index (χ0n) is 18.3. The number of carbonyl (C=O) groups is 2. The number of carbonyl (C=O) groups excluding carboxylic acids is 2. The van der Waals surface area contributed by atoms with Crippen molar-refractivity contribution < 1.29 is 9.59 Å². The van der Waals surface area contributed by atoms with Crippen LogP contribution in [0.4, 0.5) is 9.93 Å². The van der Waals surface area contributed by atoms with E-state index in [0.29, 0.717) is 37.2 Å². The smallest absolute Gasteiger partial charge is 0.323 e. The van der Waals surface area contributed by atoms with Crippen LogP contribution in [0.25, 0.3) is 0 Å². The largest absolute Gasteiger partial charge is 0.338 e. The lowest BCUT2D eigenvalue weighted by Gasteiger charge is -2.38. The molecule has 8 heteroatoms. The summed E-state index contributed by atoms with van der Waals surface area (Å²) < 4.78 is 0. The maximum atomic E-state index is 13.1. The van der Waals surface area contributed by atoms with Gasteiger partial charge in [-0.25, -0.2) is 4.79 Å². The van der Waals surface area contributed by atoms with Crippen LogP contribution >= 0.6 is 11.3 Å². The summed E-state index contributed by atoms with van der Waals surface area (Å²) in [6.45, 7) is 6.01. The minimum absolute atomic E-state index is 0.0972. The normalized spacial score (nSPS) is 18.1. The predicted molar refractivity (Wildman–Crippen MR) is 122 cm³/mol. The molecule has 31 heavy (non-hydrogen) atoms. The number of urea groups is 1. The Morgan fingerprint density at radius 3 is 2.29 bits per heavy atom. The third kappa shape index (κ3) is 4.89. The summed E-state index contributed by atoms with van der Waals surface area (Å²) in [4.78, 5) is 29.4. The molecule has 1 aliphatic heterocycles. The lowest BCUT2D eigenvalue weighted by Crippen LogP contribution is -2.55. The van der Waals surface area contributed by atoms with Crippen molar-refractivity contribution in [2.24, 2.45) is 0 Å². The topological polar surface area (TPSA) is 78.4 Å². The Bertz CT molecular complexity index is 900. The quantitative estimate of drug-likeness (QED) is 0.770. The SMILES string of the molecule is CC(C)(C(=O)N1CCN(C(=O)Nc2nnc(C3CCCCC3)s2)CC1)c1ccccc1.